The second-order valence-electron chi connectivity index (χ2n) is 5.79. The van der Waals surface area contributed by atoms with Crippen LogP contribution in [-0.4, -0.2) is 25.7 Å². The van der Waals surface area contributed by atoms with Gasteiger partial charge < -0.3 is 0 Å². The topological polar surface area (TPSA) is 71.8 Å². The number of benzene rings is 2. The van der Waals surface area contributed by atoms with E-state index in [9.17, 15) is 0 Å². The second kappa shape index (κ2) is 7.03. The van der Waals surface area contributed by atoms with E-state index in [-0.39, 0.29) is 0 Å². The summed E-state index contributed by atoms with van der Waals surface area (Å²) in [6.07, 6.45) is 5.82. The molecule has 0 atom stereocenters. The number of nitriles is 1. The zero-order chi connectivity index (χ0) is 17.8. The first kappa shape index (κ1) is 15.8. The summed E-state index contributed by atoms with van der Waals surface area (Å²) in [4.78, 5) is 4.35. The number of hydrogen-bond donors (Lipinski definition) is 0. The fourth-order valence-electron chi connectivity index (χ4n) is 2.79. The molecule has 2 aromatic carbocycles. The number of rotatable bonds is 5. The van der Waals surface area contributed by atoms with Crippen molar-refractivity contribution in [3.8, 4) is 17.3 Å². The predicted octanol–water partition coefficient (Wildman–Crippen LogP) is 3.70. The molecule has 2 heterocycles. The van der Waals surface area contributed by atoms with Gasteiger partial charge in [0.15, 0.2) is 0 Å². The molecular weight excluding hydrogens is 324 g/mol. The zero-order valence-electron chi connectivity index (χ0n) is 14.0. The standard InChI is InChI=1S/C20H16N6/c21-11-6-12-25-14-17(20(24-25)16-7-2-1-3-8-16)13-23-26-15-22-18-9-4-5-10-19(18)26/h1-5,7-10,13-15H,6,12H2/b23-13-. The van der Waals surface area contributed by atoms with Crippen molar-refractivity contribution in [3.63, 3.8) is 0 Å². The van der Waals surface area contributed by atoms with E-state index in [4.69, 9.17) is 5.26 Å². The van der Waals surface area contributed by atoms with Crippen LogP contribution in [0.2, 0.25) is 0 Å². The van der Waals surface area contributed by atoms with E-state index >= 15 is 0 Å². The maximum atomic E-state index is 8.82. The molecule has 0 fully saturated rings. The Morgan fingerprint density at radius 1 is 1.08 bits per heavy atom. The minimum atomic E-state index is 0.415. The van der Waals surface area contributed by atoms with Crippen molar-refractivity contribution in [2.24, 2.45) is 5.10 Å². The largest absolute Gasteiger partial charge is 0.270 e. The Hall–Kier alpha value is -3.72. The van der Waals surface area contributed by atoms with Crippen molar-refractivity contribution < 1.29 is 0 Å². The first-order chi connectivity index (χ1) is 12.8. The molecule has 6 heteroatoms. The van der Waals surface area contributed by atoms with Crippen LogP contribution >= 0.6 is 0 Å². The SMILES string of the molecule is N#CCCn1cc(/C=N\n2cnc3ccccc32)c(-c2ccccc2)n1. The molecule has 0 aliphatic carbocycles. The molecule has 0 aliphatic rings. The highest BCUT2D eigenvalue weighted by atomic mass is 15.4. The van der Waals surface area contributed by atoms with Crippen molar-refractivity contribution in [2.45, 2.75) is 13.0 Å². The number of fused-ring (bicyclic) bond motifs is 1. The minimum absolute atomic E-state index is 0.415. The monoisotopic (exact) mass is 340 g/mol. The second-order valence-corrected chi connectivity index (χ2v) is 5.79. The highest BCUT2D eigenvalue weighted by molar-refractivity contribution is 5.89. The van der Waals surface area contributed by atoms with Gasteiger partial charge in [0.1, 0.15) is 12.0 Å². The molecule has 0 bridgehead atoms. The lowest BCUT2D eigenvalue weighted by atomic mass is 10.1. The van der Waals surface area contributed by atoms with Gasteiger partial charge in [-0.2, -0.15) is 15.5 Å². The Labute approximate surface area is 150 Å². The molecule has 0 saturated heterocycles. The average molecular weight is 340 g/mol. The molecule has 0 saturated carbocycles. The molecule has 0 spiro atoms. The van der Waals surface area contributed by atoms with Crippen LogP contribution in [0.5, 0.6) is 0 Å². The molecule has 4 rings (SSSR count). The molecule has 4 aromatic rings. The number of para-hydroxylation sites is 2. The van der Waals surface area contributed by atoms with E-state index in [0.717, 1.165) is 27.9 Å². The van der Waals surface area contributed by atoms with E-state index in [1.54, 1.807) is 21.9 Å². The number of hydrogen-bond acceptors (Lipinski definition) is 4. The summed E-state index contributed by atoms with van der Waals surface area (Å²) in [6, 6.07) is 20.0. The quantitative estimate of drug-likeness (QED) is 0.520. The highest BCUT2D eigenvalue weighted by Crippen LogP contribution is 2.21. The minimum Gasteiger partial charge on any atom is -0.270 e. The van der Waals surface area contributed by atoms with E-state index in [0.29, 0.717) is 13.0 Å². The third kappa shape index (κ3) is 3.10. The van der Waals surface area contributed by atoms with Gasteiger partial charge in [0, 0.05) is 17.3 Å². The van der Waals surface area contributed by atoms with Gasteiger partial charge in [-0.25, -0.2) is 9.66 Å². The highest BCUT2D eigenvalue weighted by Gasteiger charge is 2.10. The number of imidazole rings is 1. The van der Waals surface area contributed by atoms with Crippen LogP contribution in [0.3, 0.4) is 0 Å². The first-order valence-electron chi connectivity index (χ1n) is 8.31. The molecule has 26 heavy (non-hydrogen) atoms. The van der Waals surface area contributed by atoms with Gasteiger partial charge in [-0.1, -0.05) is 42.5 Å². The molecular formula is C20H16N6. The van der Waals surface area contributed by atoms with Crippen molar-refractivity contribution in [1.82, 2.24) is 19.4 Å². The maximum Gasteiger partial charge on any atom is 0.118 e. The molecule has 0 aliphatic heterocycles. The van der Waals surface area contributed by atoms with Gasteiger partial charge in [0.25, 0.3) is 0 Å². The third-order valence-electron chi connectivity index (χ3n) is 4.05. The number of aromatic nitrogens is 4. The van der Waals surface area contributed by atoms with Crippen LogP contribution in [0.1, 0.15) is 12.0 Å². The van der Waals surface area contributed by atoms with Crippen LogP contribution in [0.25, 0.3) is 22.3 Å². The maximum absolute atomic E-state index is 8.82. The predicted molar refractivity (Wildman–Crippen MR) is 101 cm³/mol. The van der Waals surface area contributed by atoms with Gasteiger partial charge >= 0.3 is 0 Å². The Kier molecular flexibility index (Phi) is 4.27. The van der Waals surface area contributed by atoms with Gasteiger partial charge in [-0.05, 0) is 12.1 Å². The summed E-state index contributed by atoms with van der Waals surface area (Å²) in [7, 11) is 0. The summed E-state index contributed by atoms with van der Waals surface area (Å²) in [6.45, 7) is 0.554. The Morgan fingerprint density at radius 3 is 2.73 bits per heavy atom. The van der Waals surface area contributed by atoms with Gasteiger partial charge in [0.2, 0.25) is 0 Å². The summed E-state index contributed by atoms with van der Waals surface area (Å²) >= 11 is 0. The van der Waals surface area contributed by atoms with Gasteiger partial charge in [0.05, 0.1) is 36.3 Å². The molecule has 0 unspecified atom stereocenters. The fourth-order valence-corrected chi connectivity index (χ4v) is 2.79. The number of aryl methyl sites for hydroxylation is 1. The van der Waals surface area contributed by atoms with Crippen molar-refractivity contribution in [2.75, 3.05) is 0 Å². The van der Waals surface area contributed by atoms with E-state index in [2.05, 4.69) is 21.3 Å². The van der Waals surface area contributed by atoms with Crippen LogP contribution in [0.15, 0.2) is 72.2 Å². The summed E-state index contributed by atoms with van der Waals surface area (Å²) in [5.41, 5.74) is 4.60. The van der Waals surface area contributed by atoms with Crippen LogP contribution in [0, 0.1) is 11.3 Å². The lowest BCUT2D eigenvalue weighted by molar-refractivity contribution is 0.629. The van der Waals surface area contributed by atoms with E-state index < -0.39 is 0 Å². The summed E-state index contributed by atoms with van der Waals surface area (Å²) in [5.74, 6) is 0. The normalized spacial score (nSPS) is 11.2. The Balaban J connectivity index is 1.73. The number of nitrogens with zero attached hydrogens (tertiary/aromatic N) is 6. The fraction of sp³-hybridized carbons (Fsp3) is 0.100. The third-order valence-corrected chi connectivity index (χ3v) is 4.05. The van der Waals surface area contributed by atoms with E-state index in [1.807, 2.05) is 60.8 Å². The van der Waals surface area contributed by atoms with Crippen molar-refractivity contribution in [3.05, 3.63) is 72.7 Å². The van der Waals surface area contributed by atoms with Crippen LogP contribution in [0.4, 0.5) is 0 Å². The lowest BCUT2D eigenvalue weighted by Gasteiger charge is -1.99. The molecule has 6 nitrogen and oxygen atoms in total. The molecule has 126 valence electrons. The average Bonchev–Trinajstić information content (AvgIpc) is 3.29. The molecule has 0 radical (unpaired) electrons. The molecule has 0 amide bonds. The van der Waals surface area contributed by atoms with Gasteiger partial charge in [-0.3, -0.25) is 4.68 Å². The van der Waals surface area contributed by atoms with Crippen molar-refractivity contribution in [1.29, 1.82) is 5.26 Å². The van der Waals surface area contributed by atoms with Crippen LogP contribution in [-0.2, 0) is 6.54 Å². The van der Waals surface area contributed by atoms with E-state index in [1.165, 1.54) is 0 Å². The summed E-state index contributed by atoms with van der Waals surface area (Å²) < 4.78 is 3.54. The zero-order valence-corrected chi connectivity index (χ0v) is 14.0. The Bertz CT molecular complexity index is 1100. The van der Waals surface area contributed by atoms with Crippen molar-refractivity contribution >= 4 is 17.2 Å². The Morgan fingerprint density at radius 2 is 1.88 bits per heavy atom. The smallest absolute Gasteiger partial charge is 0.118 e. The first-order valence-corrected chi connectivity index (χ1v) is 8.31. The van der Waals surface area contributed by atoms with Crippen LogP contribution < -0.4 is 0 Å². The van der Waals surface area contributed by atoms with Gasteiger partial charge in [-0.15, -0.1) is 0 Å². The summed E-state index contributed by atoms with van der Waals surface area (Å²) in [5, 5.41) is 18.0. The molecule has 0 N–H and O–H groups in total. The lowest BCUT2D eigenvalue weighted by Crippen LogP contribution is -1.97. The molecule has 2 aromatic heterocycles.